The maximum absolute atomic E-state index is 13.1. The van der Waals surface area contributed by atoms with Crippen LogP contribution in [0.25, 0.3) is 0 Å². The molecule has 5 nitrogen and oxygen atoms in total. The standard InChI is InChI=1S/C12H14BrFN2O3/c1-12(2,10(17)18)16-11(19)15-6-7-3-8(13)5-9(14)4-7/h3-5H,6H2,1-2H3,(H,17,18)(H2,15,16,19). The first-order valence-electron chi connectivity index (χ1n) is 5.45. The van der Waals surface area contributed by atoms with Crippen LogP contribution in [0.1, 0.15) is 19.4 Å². The Kier molecular flexibility index (Phi) is 4.88. The Morgan fingerprint density at radius 2 is 2.00 bits per heavy atom. The lowest BCUT2D eigenvalue weighted by atomic mass is 10.1. The number of aliphatic carboxylic acids is 1. The summed E-state index contributed by atoms with van der Waals surface area (Å²) < 4.78 is 13.7. The molecule has 104 valence electrons. The molecule has 0 saturated heterocycles. The Labute approximate surface area is 118 Å². The fraction of sp³-hybridized carbons (Fsp3) is 0.333. The van der Waals surface area contributed by atoms with Crippen LogP contribution < -0.4 is 10.6 Å². The van der Waals surface area contributed by atoms with Crippen molar-refractivity contribution in [3.8, 4) is 0 Å². The summed E-state index contributed by atoms with van der Waals surface area (Å²) in [5.74, 6) is -1.56. The zero-order chi connectivity index (χ0) is 14.6. The number of nitrogens with one attached hydrogen (secondary N) is 2. The van der Waals surface area contributed by atoms with E-state index in [1.165, 1.54) is 26.0 Å². The fourth-order valence-electron chi connectivity index (χ4n) is 1.28. The van der Waals surface area contributed by atoms with Gasteiger partial charge in [-0.25, -0.2) is 14.0 Å². The lowest BCUT2D eigenvalue weighted by Gasteiger charge is -2.21. The minimum atomic E-state index is -1.37. The van der Waals surface area contributed by atoms with E-state index in [9.17, 15) is 14.0 Å². The van der Waals surface area contributed by atoms with Crippen molar-refractivity contribution >= 4 is 27.9 Å². The molecule has 2 amide bonds. The van der Waals surface area contributed by atoms with Gasteiger partial charge >= 0.3 is 12.0 Å². The van der Waals surface area contributed by atoms with Gasteiger partial charge < -0.3 is 15.7 Å². The molecule has 19 heavy (non-hydrogen) atoms. The molecule has 0 unspecified atom stereocenters. The highest BCUT2D eigenvalue weighted by Gasteiger charge is 2.28. The summed E-state index contributed by atoms with van der Waals surface area (Å²) >= 11 is 3.14. The summed E-state index contributed by atoms with van der Waals surface area (Å²) in [4.78, 5) is 22.3. The Morgan fingerprint density at radius 1 is 1.37 bits per heavy atom. The monoisotopic (exact) mass is 332 g/mol. The van der Waals surface area contributed by atoms with Crippen molar-refractivity contribution < 1.29 is 19.1 Å². The molecule has 0 saturated carbocycles. The molecule has 1 aromatic rings. The number of carbonyl (C=O) groups is 2. The van der Waals surface area contributed by atoms with E-state index in [2.05, 4.69) is 26.6 Å². The van der Waals surface area contributed by atoms with E-state index in [4.69, 9.17) is 5.11 Å². The van der Waals surface area contributed by atoms with Crippen LogP contribution in [-0.4, -0.2) is 22.6 Å². The number of amides is 2. The molecule has 1 aromatic carbocycles. The second kappa shape index (κ2) is 6.01. The smallest absolute Gasteiger partial charge is 0.328 e. The average Bonchev–Trinajstić information content (AvgIpc) is 2.24. The largest absolute Gasteiger partial charge is 0.480 e. The third-order valence-electron chi connectivity index (χ3n) is 2.34. The number of halogens is 2. The SMILES string of the molecule is CC(C)(NC(=O)NCc1cc(F)cc(Br)c1)C(=O)O. The minimum absolute atomic E-state index is 0.0951. The predicted molar refractivity (Wildman–Crippen MR) is 71.2 cm³/mol. The molecule has 0 heterocycles. The molecule has 1 rings (SSSR count). The Morgan fingerprint density at radius 3 is 2.53 bits per heavy atom. The van der Waals surface area contributed by atoms with Crippen molar-refractivity contribution in [3.05, 3.63) is 34.1 Å². The number of benzene rings is 1. The predicted octanol–water partition coefficient (Wildman–Crippen LogP) is 2.25. The van der Waals surface area contributed by atoms with Crippen molar-refractivity contribution in [1.82, 2.24) is 10.6 Å². The van der Waals surface area contributed by atoms with Crippen LogP contribution in [0.2, 0.25) is 0 Å². The number of rotatable bonds is 4. The van der Waals surface area contributed by atoms with Gasteiger partial charge in [-0.1, -0.05) is 15.9 Å². The van der Waals surface area contributed by atoms with Crippen LogP contribution in [0, 0.1) is 5.82 Å². The molecule has 0 aliphatic carbocycles. The van der Waals surface area contributed by atoms with E-state index in [-0.39, 0.29) is 6.54 Å². The van der Waals surface area contributed by atoms with E-state index in [0.29, 0.717) is 10.0 Å². The van der Waals surface area contributed by atoms with Gasteiger partial charge in [0.2, 0.25) is 0 Å². The average molecular weight is 333 g/mol. The molecular formula is C12H14BrFN2O3. The minimum Gasteiger partial charge on any atom is -0.480 e. The van der Waals surface area contributed by atoms with E-state index in [1.807, 2.05) is 0 Å². The van der Waals surface area contributed by atoms with Crippen molar-refractivity contribution in [1.29, 1.82) is 0 Å². The lowest BCUT2D eigenvalue weighted by Crippen LogP contribution is -2.52. The second-order valence-electron chi connectivity index (χ2n) is 4.52. The first-order chi connectivity index (χ1) is 8.70. The van der Waals surface area contributed by atoms with Crippen molar-refractivity contribution in [2.75, 3.05) is 0 Å². The zero-order valence-corrected chi connectivity index (χ0v) is 12.0. The third kappa shape index (κ3) is 4.86. The van der Waals surface area contributed by atoms with Gasteiger partial charge in [-0.2, -0.15) is 0 Å². The number of hydrogen-bond acceptors (Lipinski definition) is 2. The molecular weight excluding hydrogens is 319 g/mol. The molecule has 0 atom stereocenters. The van der Waals surface area contributed by atoms with Gasteiger partial charge in [0.1, 0.15) is 11.4 Å². The highest BCUT2D eigenvalue weighted by molar-refractivity contribution is 9.10. The molecule has 0 spiro atoms. The Hall–Kier alpha value is -1.63. The molecule has 0 bridgehead atoms. The van der Waals surface area contributed by atoms with E-state index in [1.54, 1.807) is 6.07 Å². The highest BCUT2D eigenvalue weighted by atomic mass is 79.9. The normalized spacial score (nSPS) is 10.9. The van der Waals surface area contributed by atoms with E-state index < -0.39 is 23.4 Å². The van der Waals surface area contributed by atoms with E-state index in [0.717, 1.165) is 0 Å². The van der Waals surface area contributed by atoms with Gasteiger partial charge in [-0.3, -0.25) is 0 Å². The number of carbonyl (C=O) groups excluding carboxylic acids is 1. The van der Waals surface area contributed by atoms with Crippen LogP contribution in [0.5, 0.6) is 0 Å². The number of urea groups is 1. The maximum atomic E-state index is 13.1. The first-order valence-corrected chi connectivity index (χ1v) is 6.24. The van der Waals surface area contributed by atoms with Gasteiger partial charge in [0.25, 0.3) is 0 Å². The second-order valence-corrected chi connectivity index (χ2v) is 5.43. The number of carboxylic acid groups (broad SMARTS) is 1. The summed E-state index contributed by atoms with van der Waals surface area (Å²) in [6.45, 7) is 2.83. The highest BCUT2D eigenvalue weighted by Crippen LogP contribution is 2.14. The van der Waals surface area contributed by atoms with Crippen LogP contribution in [0.4, 0.5) is 9.18 Å². The summed E-state index contributed by atoms with van der Waals surface area (Å²) in [6.07, 6.45) is 0. The molecule has 0 fully saturated rings. The molecule has 0 radical (unpaired) electrons. The molecule has 0 aliphatic rings. The molecule has 7 heteroatoms. The number of carboxylic acids is 1. The zero-order valence-electron chi connectivity index (χ0n) is 10.5. The fourth-order valence-corrected chi connectivity index (χ4v) is 1.79. The van der Waals surface area contributed by atoms with Crippen LogP contribution in [-0.2, 0) is 11.3 Å². The quantitative estimate of drug-likeness (QED) is 0.791. The van der Waals surface area contributed by atoms with Gasteiger partial charge in [-0.15, -0.1) is 0 Å². The lowest BCUT2D eigenvalue weighted by molar-refractivity contribution is -0.142. The third-order valence-corrected chi connectivity index (χ3v) is 2.79. The summed E-state index contributed by atoms with van der Waals surface area (Å²) in [5, 5.41) is 13.6. The molecule has 0 aliphatic heterocycles. The number of hydrogen-bond donors (Lipinski definition) is 3. The summed E-state index contributed by atoms with van der Waals surface area (Å²) in [6, 6.07) is 3.61. The molecule has 3 N–H and O–H groups in total. The van der Waals surface area contributed by atoms with E-state index >= 15 is 0 Å². The van der Waals surface area contributed by atoms with Crippen LogP contribution in [0.15, 0.2) is 22.7 Å². The summed E-state index contributed by atoms with van der Waals surface area (Å²) in [5.41, 5.74) is -0.803. The maximum Gasteiger partial charge on any atom is 0.328 e. The summed E-state index contributed by atoms with van der Waals surface area (Å²) in [7, 11) is 0. The Balaban J connectivity index is 2.57. The topological polar surface area (TPSA) is 78.4 Å². The first kappa shape index (κ1) is 15.4. The van der Waals surface area contributed by atoms with Crippen LogP contribution >= 0.6 is 15.9 Å². The van der Waals surface area contributed by atoms with Gasteiger partial charge in [0.05, 0.1) is 0 Å². The van der Waals surface area contributed by atoms with Crippen LogP contribution in [0.3, 0.4) is 0 Å². The van der Waals surface area contributed by atoms with Crippen molar-refractivity contribution in [3.63, 3.8) is 0 Å². The van der Waals surface area contributed by atoms with Gasteiger partial charge in [-0.05, 0) is 37.6 Å². The van der Waals surface area contributed by atoms with Gasteiger partial charge in [0, 0.05) is 11.0 Å². The van der Waals surface area contributed by atoms with Crippen molar-refractivity contribution in [2.45, 2.75) is 25.9 Å². The Bertz CT molecular complexity index is 485. The molecule has 0 aromatic heterocycles. The van der Waals surface area contributed by atoms with Gasteiger partial charge in [0.15, 0.2) is 0 Å². The van der Waals surface area contributed by atoms with Crippen molar-refractivity contribution in [2.24, 2.45) is 0 Å².